The van der Waals surface area contributed by atoms with Gasteiger partial charge >= 0.3 is 0 Å². The van der Waals surface area contributed by atoms with Crippen molar-refractivity contribution in [2.24, 2.45) is 0 Å². The third-order valence-electron chi connectivity index (χ3n) is 3.03. The first kappa shape index (κ1) is 14.4. The fourth-order valence-corrected chi connectivity index (χ4v) is 2.00. The van der Waals surface area contributed by atoms with Gasteiger partial charge in [-0.3, -0.25) is 0 Å². The van der Waals surface area contributed by atoms with Crippen LogP contribution in [-0.2, 0) is 13.2 Å². The highest BCUT2D eigenvalue weighted by Gasteiger charge is 2.10. The van der Waals surface area contributed by atoms with Gasteiger partial charge in [-0.2, -0.15) is 0 Å². The van der Waals surface area contributed by atoms with E-state index < -0.39 is 0 Å². The van der Waals surface area contributed by atoms with E-state index in [1.807, 2.05) is 42.8 Å². The molecule has 5 nitrogen and oxygen atoms in total. The minimum absolute atomic E-state index is 0.0691. The number of aliphatic hydroxyl groups excluding tert-OH is 1. The highest BCUT2D eigenvalue weighted by Crippen LogP contribution is 2.31. The molecule has 20 heavy (non-hydrogen) atoms. The topological polar surface area (TPSA) is 56.5 Å². The highest BCUT2D eigenvalue weighted by molar-refractivity contribution is 5.46. The predicted octanol–water partition coefficient (Wildman–Crippen LogP) is 2.16. The first-order chi connectivity index (χ1) is 9.76. The zero-order valence-corrected chi connectivity index (χ0v) is 11.9. The van der Waals surface area contributed by atoms with Crippen molar-refractivity contribution in [1.29, 1.82) is 0 Å². The molecule has 1 aromatic heterocycles. The summed E-state index contributed by atoms with van der Waals surface area (Å²) < 4.78 is 13.4. The maximum absolute atomic E-state index is 9.39. The van der Waals surface area contributed by atoms with Crippen LogP contribution in [0.1, 0.15) is 18.3 Å². The molecule has 0 bridgehead atoms. The highest BCUT2D eigenvalue weighted by atomic mass is 16.5. The second kappa shape index (κ2) is 6.96. The van der Waals surface area contributed by atoms with E-state index in [0.717, 1.165) is 11.4 Å². The molecule has 1 aromatic carbocycles. The molecule has 0 saturated heterocycles. The summed E-state index contributed by atoms with van der Waals surface area (Å²) in [6.07, 6.45) is 3.68. The molecule has 0 aliphatic heterocycles. The Morgan fingerprint density at radius 1 is 1.30 bits per heavy atom. The zero-order valence-electron chi connectivity index (χ0n) is 11.9. The quantitative estimate of drug-likeness (QED) is 0.842. The van der Waals surface area contributed by atoms with Gasteiger partial charge in [-0.05, 0) is 19.9 Å². The van der Waals surface area contributed by atoms with E-state index in [2.05, 4.69) is 4.98 Å². The first-order valence-corrected chi connectivity index (χ1v) is 6.72. The number of aryl methyl sites for hydroxylation is 1. The smallest absolute Gasteiger partial charge is 0.166 e. The van der Waals surface area contributed by atoms with Crippen LogP contribution in [-0.4, -0.2) is 27.9 Å². The summed E-state index contributed by atoms with van der Waals surface area (Å²) >= 11 is 0. The van der Waals surface area contributed by atoms with Crippen molar-refractivity contribution < 1.29 is 14.6 Å². The average Bonchev–Trinajstić information content (AvgIpc) is 2.86. The van der Waals surface area contributed by atoms with Crippen molar-refractivity contribution in [3.63, 3.8) is 0 Å². The number of rotatable bonds is 7. The van der Waals surface area contributed by atoms with E-state index in [9.17, 15) is 5.11 Å². The van der Waals surface area contributed by atoms with Gasteiger partial charge in [0.1, 0.15) is 12.4 Å². The second-order valence-electron chi connectivity index (χ2n) is 4.35. The molecule has 0 aliphatic carbocycles. The van der Waals surface area contributed by atoms with Crippen molar-refractivity contribution in [3.05, 3.63) is 42.0 Å². The van der Waals surface area contributed by atoms with Crippen LogP contribution in [0, 0.1) is 6.92 Å². The third-order valence-corrected chi connectivity index (χ3v) is 3.03. The van der Waals surface area contributed by atoms with E-state index in [1.165, 1.54) is 0 Å². The van der Waals surface area contributed by atoms with Crippen LogP contribution < -0.4 is 9.47 Å². The molecule has 0 radical (unpaired) electrons. The maximum atomic E-state index is 9.39. The zero-order chi connectivity index (χ0) is 14.4. The van der Waals surface area contributed by atoms with Crippen molar-refractivity contribution in [2.45, 2.75) is 27.0 Å². The number of benzene rings is 1. The number of nitrogens with zero attached hydrogens (tertiary/aromatic N) is 2. The van der Waals surface area contributed by atoms with Gasteiger partial charge in [0.05, 0.1) is 19.8 Å². The van der Waals surface area contributed by atoms with Crippen LogP contribution >= 0.6 is 0 Å². The normalized spacial score (nSPS) is 10.6. The average molecular weight is 276 g/mol. The molecule has 0 saturated carbocycles. The summed E-state index contributed by atoms with van der Waals surface area (Å²) in [4.78, 5) is 4.17. The largest absolute Gasteiger partial charge is 0.490 e. The van der Waals surface area contributed by atoms with Crippen molar-refractivity contribution in [3.8, 4) is 11.5 Å². The number of aliphatic hydroxyl groups is 1. The minimum Gasteiger partial charge on any atom is -0.490 e. The van der Waals surface area contributed by atoms with Gasteiger partial charge in [0.2, 0.25) is 0 Å². The van der Waals surface area contributed by atoms with Gasteiger partial charge in [0.15, 0.2) is 11.5 Å². The van der Waals surface area contributed by atoms with E-state index >= 15 is 0 Å². The predicted molar refractivity (Wildman–Crippen MR) is 76.0 cm³/mol. The summed E-state index contributed by atoms with van der Waals surface area (Å²) in [6.45, 7) is 5.56. The lowest BCUT2D eigenvalue weighted by atomic mass is 10.2. The maximum Gasteiger partial charge on any atom is 0.166 e. The van der Waals surface area contributed by atoms with Crippen LogP contribution in [0.5, 0.6) is 11.5 Å². The fraction of sp³-hybridized carbons (Fsp3) is 0.400. The van der Waals surface area contributed by atoms with E-state index in [0.29, 0.717) is 31.3 Å². The Balaban J connectivity index is 2.05. The molecule has 108 valence electrons. The molecule has 0 atom stereocenters. The Morgan fingerprint density at radius 3 is 2.80 bits per heavy atom. The number of imidazole rings is 1. The van der Waals surface area contributed by atoms with Crippen LogP contribution in [0.3, 0.4) is 0 Å². The number of ether oxygens (including phenoxy) is 2. The van der Waals surface area contributed by atoms with E-state index in [1.54, 1.807) is 6.20 Å². The van der Waals surface area contributed by atoms with Gasteiger partial charge in [-0.1, -0.05) is 12.1 Å². The summed E-state index contributed by atoms with van der Waals surface area (Å²) in [7, 11) is 0. The van der Waals surface area contributed by atoms with Crippen LogP contribution in [0.2, 0.25) is 0 Å². The minimum atomic E-state index is -0.0691. The monoisotopic (exact) mass is 276 g/mol. The Kier molecular flexibility index (Phi) is 5.01. The summed E-state index contributed by atoms with van der Waals surface area (Å²) in [5.41, 5.74) is 0.735. The molecule has 0 amide bonds. The number of hydrogen-bond donors (Lipinski definition) is 1. The number of hydrogen-bond acceptors (Lipinski definition) is 4. The fourth-order valence-electron chi connectivity index (χ4n) is 2.00. The molecule has 2 rings (SSSR count). The van der Waals surface area contributed by atoms with Gasteiger partial charge in [-0.25, -0.2) is 4.98 Å². The first-order valence-electron chi connectivity index (χ1n) is 6.72. The lowest BCUT2D eigenvalue weighted by Gasteiger charge is -2.15. The Hall–Kier alpha value is -2.01. The van der Waals surface area contributed by atoms with Gasteiger partial charge in [0, 0.05) is 18.0 Å². The van der Waals surface area contributed by atoms with Crippen molar-refractivity contribution in [2.75, 3.05) is 13.2 Å². The van der Waals surface area contributed by atoms with Crippen LogP contribution in [0.4, 0.5) is 0 Å². The molecule has 0 fully saturated rings. The SMILES string of the molecule is CCOc1cccc(CO)c1OCCn1ccnc1C. The Labute approximate surface area is 118 Å². The molecule has 1 N–H and O–H groups in total. The Bertz CT molecular complexity index is 552. The summed E-state index contributed by atoms with van der Waals surface area (Å²) in [5, 5.41) is 9.39. The lowest BCUT2D eigenvalue weighted by molar-refractivity contribution is 0.242. The van der Waals surface area contributed by atoms with Gasteiger partial charge in [-0.15, -0.1) is 0 Å². The van der Waals surface area contributed by atoms with Crippen LogP contribution in [0.25, 0.3) is 0 Å². The van der Waals surface area contributed by atoms with Crippen molar-refractivity contribution in [1.82, 2.24) is 9.55 Å². The molecule has 0 unspecified atom stereocenters. The third kappa shape index (κ3) is 3.30. The lowest BCUT2D eigenvalue weighted by Crippen LogP contribution is -2.10. The summed E-state index contributed by atoms with van der Waals surface area (Å²) in [6, 6.07) is 5.53. The second-order valence-corrected chi connectivity index (χ2v) is 4.35. The standard InChI is InChI=1S/C15H20N2O3/c1-3-19-14-6-4-5-13(11-18)15(14)20-10-9-17-8-7-16-12(17)2/h4-8,18H,3,9-11H2,1-2H3. The molecule has 0 spiro atoms. The van der Waals surface area contributed by atoms with Crippen molar-refractivity contribution >= 4 is 0 Å². The van der Waals surface area contributed by atoms with E-state index in [4.69, 9.17) is 9.47 Å². The Morgan fingerprint density at radius 2 is 2.15 bits per heavy atom. The summed E-state index contributed by atoms with van der Waals surface area (Å²) in [5.74, 6) is 2.24. The number of aromatic nitrogens is 2. The van der Waals surface area contributed by atoms with Crippen LogP contribution in [0.15, 0.2) is 30.6 Å². The molecule has 1 heterocycles. The van der Waals surface area contributed by atoms with Gasteiger partial charge in [0.25, 0.3) is 0 Å². The van der Waals surface area contributed by atoms with E-state index in [-0.39, 0.29) is 6.61 Å². The molecular weight excluding hydrogens is 256 g/mol. The molecule has 5 heteroatoms. The number of para-hydroxylation sites is 1. The molecular formula is C15H20N2O3. The van der Waals surface area contributed by atoms with Gasteiger partial charge < -0.3 is 19.1 Å². The molecule has 0 aliphatic rings. The molecule has 2 aromatic rings.